The summed E-state index contributed by atoms with van der Waals surface area (Å²) in [6.07, 6.45) is 0. The molecular formula is C24H32N2O4. The van der Waals surface area contributed by atoms with Crippen LogP contribution in [0.5, 0.6) is 11.5 Å². The summed E-state index contributed by atoms with van der Waals surface area (Å²) in [4.78, 5) is 27.1. The molecule has 0 saturated heterocycles. The molecule has 0 aromatic heterocycles. The molecule has 2 amide bonds. The molecule has 1 N–H and O–H groups in total. The molecular weight excluding hydrogens is 380 g/mol. The number of ether oxygens (including phenoxy) is 2. The number of nitrogens with one attached hydrogen (secondary N) is 1. The van der Waals surface area contributed by atoms with Gasteiger partial charge in [-0.05, 0) is 63.1 Å². The maximum atomic E-state index is 12.8. The Bertz CT molecular complexity index is 860. The van der Waals surface area contributed by atoms with Crippen LogP contribution < -0.4 is 14.8 Å². The molecule has 2 rings (SSSR count). The van der Waals surface area contributed by atoms with Gasteiger partial charge in [0.25, 0.3) is 11.8 Å². The first-order valence-corrected chi connectivity index (χ1v) is 10.5. The molecule has 0 aliphatic carbocycles. The molecule has 0 atom stereocenters. The highest BCUT2D eigenvalue weighted by atomic mass is 16.5. The zero-order chi connectivity index (χ0) is 22.1. The van der Waals surface area contributed by atoms with E-state index in [0.29, 0.717) is 60.5 Å². The van der Waals surface area contributed by atoms with E-state index in [1.807, 2.05) is 20.8 Å². The molecule has 0 unspecified atom stereocenters. The van der Waals surface area contributed by atoms with Gasteiger partial charge in [-0.15, -0.1) is 0 Å². The van der Waals surface area contributed by atoms with Crippen molar-refractivity contribution in [2.24, 2.45) is 5.92 Å². The third-order valence-corrected chi connectivity index (χ3v) is 4.50. The van der Waals surface area contributed by atoms with Gasteiger partial charge in [0.05, 0.1) is 13.2 Å². The van der Waals surface area contributed by atoms with Gasteiger partial charge in [-0.3, -0.25) is 9.59 Å². The van der Waals surface area contributed by atoms with E-state index in [4.69, 9.17) is 9.47 Å². The van der Waals surface area contributed by atoms with E-state index in [2.05, 4.69) is 19.2 Å². The molecule has 0 radical (unpaired) electrons. The third kappa shape index (κ3) is 6.24. The lowest BCUT2D eigenvalue weighted by atomic mass is 10.1. The summed E-state index contributed by atoms with van der Waals surface area (Å²) in [5.74, 6) is 1.21. The highest BCUT2D eigenvalue weighted by Crippen LogP contribution is 2.29. The van der Waals surface area contributed by atoms with Gasteiger partial charge in [-0.1, -0.05) is 19.9 Å². The number of carbonyl (C=O) groups is 2. The monoisotopic (exact) mass is 412 g/mol. The lowest BCUT2D eigenvalue weighted by Crippen LogP contribution is -2.30. The summed E-state index contributed by atoms with van der Waals surface area (Å²) in [5.41, 5.74) is 1.57. The summed E-state index contributed by atoms with van der Waals surface area (Å²) in [6.45, 7) is 12.2. The minimum atomic E-state index is -0.279. The van der Waals surface area contributed by atoms with Crippen molar-refractivity contribution in [3.05, 3.63) is 53.6 Å². The lowest BCUT2D eigenvalue weighted by molar-refractivity contribution is 0.0772. The summed E-state index contributed by atoms with van der Waals surface area (Å²) in [7, 11) is 0. The van der Waals surface area contributed by atoms with Crippen LogP contribution >= 0.6 is 0 Å². The number of hydrogen-bond acceptors (Lipinski definition) is 4. The van der Waals surface area contributed by atoms with Crippen LogP contribution in [0.2, 0.25) is 0 Å². The van der Waals surface area contributed by atoms with Crippen LogP contribution in [0.1, 0.15) is 55.3 Å². The molecule has 0 bridgehead atoms. The summed E-state index contributed by atoms with van der Waals surface area (Å²) >= 11 is 0. The van der Waals surface area contributed by atoms with Crippen LogP contribution in [0.15, 0.2) is 42.5 Å². The quantitative estimate of drug-likeness (QED) is 0.605. The topological polar surface area (TPSA) is 67.9 Å². The Hall–Kier alpha value is -3.02. The van der Waals surface area contributed by atoms with E-state index in [0.717, 1.165) is 0 Å². The van der Waals surface area contributed by atoms with Crippen molar-refractivity contribution in [2.75, 3.05) is 31.6 Å². The fourth-order valence-corrected chi connectivity index (χ4v) is 2.92. The molecule has 6 nitrogen and oxygen atoms in total. The van der Waals surface area contributed by atoms with Crippen LogP contribution in [0.3, 0.4) is 0 Å². The van der Waals surface area contributed by atoms with E-state index in [9.17, 15) is 9.59 Å². The molecule has 0 aliphatic rings. The Morgan fingerprint density at radius 3 is 2.30 bits per heavy atom. The van der Waals surface area contributed by atoms with Crippen LogP contribution in [-0.4, -0.2) is 43.0 Å². The van der Waals surface area contributed by atoms with Crippen molar-refractivity contribution in [3.8, 4) is 11.5 Å². The number of anilines is 1. The number of hydrogen-bond donors (Lipinski definition) is 1. The molecule has 6 heteroatoms. The molecule has 0 saturated carbocycles. The summed E-state index contributed by atoms with van der Waals surface area (Å²) in [5, 5.41) is 2.86. The van der Waals surface area contributed by atoms with E-state index >= 15 is 0 Å². The van der Waals surface area contributed by atoms with Crippen molar-refractivity contribution in [2.45, 2.75) is 34.6 Å². The second-order valence-corrected chi connectivity index (χ2v) is 7.31. The van der Waals surface area contributed by atoms with Crippen LogP contribution in [0.4, 0.5) is 5.69 Å². The average Bonchev–Trinajstić information content (AvgIpc) is 2.73. The molecule has 162 valence electrons. The Morgan fingerprint density at radius 1 is 0.933 bits per heavy atom. The molecule has 30 heavy (non-hydrogen) atoms. The highest BCUT2D eigenvalue weighted by Gasteiger charge is 2.15. The van der Waals surface area contributed by atoms with Crippen molar-refractivity contribution in [1.82, 2.24) is 4.90 Å². The first-order chi connectivity index (χ1) is 14.4. The van der Waals surface area contributed by atoms with E-state index in [-0.39, 0.29) is 11.8 Å². The Balaban J connectivity index is 2.18. The number of rotatable bonds is 10. The lowest BCUT2D eigenvalue weighted by Gasteiger charge is -2.19. The van der Waals surface area contributed by atoms with Crippen LogP contribution in [0.25, 0.3) is 0 Å². The predicted octanol–water partition coefficient (Wildman–Crippen LogP) is 4.85. The maximum absolute atomic E-state index is 12.8. The van der Waals surface area contributed by atoms with Gasteiger partial charge < -0.3 is 19.7 Å². The van der Waals surface area contributed by atoms with Crippen molar-refractivity contribution in [1.29, 1.82) is 0 Å². The zero-order valence-electron chi connectivity index (χ0n) is 18.5. The first kappa shape index (κ1) is 23.3. The molecule has 0 aliphatic heterocycles. The maximum Gasteiger partial charge on any atom is 0.255 e. The summed E-state index contributed by atoms with van der Waals surface area (Å²) < 4.78 is 11.4. The fraction of sp³-hybridized carbons (Fsp3) is 0.417. The number of carbonyl (C=O) groups excluding carboxylic acids is 2. The zero-order valence-corrected chi connectivity index (χ0v) is 18.5. The minimum absolute atomic E-state index is 0.0543. The van der Waals surface area contributed by atoms with E-state index in [1.54, 1.807) is 47.4 Å². The van der Waals surface area contributed by atoms with Gasteiger partial charge in [0.15, 0.2) is 11.5 Å². The normalized spacial score (nSPS) is 10.6. The van der Waals surface area contributed by atoms with Gasteiger partial charge >= 0.3 is 0 Å². The minimum Gasteiger partial charge on any atom is -0.490 e. The number of benzene rings is 2. The van der Waals surface area contributed by atoms with Crippen LogP contribution in [-0.2, 0) is 0 Å². The highest BCUT2D eigenvalue weighted by molar-refractivity contribution is 6.05. The number of amides is 2. The predicted molar refractivity (Wildman–Crippen MR) is 120 cm³/mol. The third-order valence-electron chi connectivity index (χ3n) is 4.50. The Kier molecular flexibility index (Phi) is 8.71. The van der Waals surface area contributed by atoms with Gasteiger partial charge in [0, 0.05) is 29.9 Å². The first-order valence-electron chi connectivity index (χ1n) is 10.5. The largest absolute Gasteiger partial charge is 0.490 e. The molecule has 0 fully saturated rings. The van der Waals surface area contributed by atoms with Crippen molar-refractivity contribution in [3.63, 3.8) is 0 Å². The van der Waals surface area contributed by atoms with Crippen molar-refractivity contribution >= 4 is 17.5 Å². The average molecular weight is 413 g/mol. The molecule has 0 heterocycles. The molecule has 2 aromatic carbocycles. The number of nitrogens with zero attached hydrogens (tertiary/aromatic N) is 1. The second kappa shape index (κ2) is 11.2. The molecule has 2 aromatic rings. The van der Waals surface area contributed by atoms with E-state index in [1.165, 1.54) is 0 Å². The fourth-order valence-electron chi connectivity index (χ4n) is 2.92. The molecule has 0 spiro atoms. The Labute approximate surface area is 179 Å². The SMILES string of the molecule is CCOc1cc(C(=O)Nc2cccc(C(=O)N(CC)CC)c2)ccc1OCC(C)C. The standard InChI is InChI=1S/C24H32N2O4/c1-6-26(7-2)24(28)19-10-9-11-20(14-19)25-23(27)18-12-13-21(30-16-17(4)5)22(15-18)29-8-3/h9-15,17H,6-8,16H2,1-5H3,(H,25,27). The van der Waals surface area contributed by atoms with Gasteiger partial charge in [-0.25, -0.2) is 0 Å². The summed E-state index contributed by atoms with van der Waals surface area (Å²) in [6, 6.07) is 12.1. The van der Waals surface area contributed by atoms with Gasteiger partial charge in [0.2, 0.25) is 0 Å². The second-order valence-electron chi connectivity index (χ2n) is 7.31. The van der Waals surface area contributed by atoms with E-state index < -0.39 is 0 Å². The smallest absolute Gasteiger partial charge is 0.255 e. The Morgan fingerprint density at radius 2 is 1.67 bits per heavy atom. The van der Waals surface area contributed by atoms with Gasteiger partial charge in [0.1, 0.15) is 0 Å². The van der Waals surface area contributed by atoms with Crippen molar-refractivity contribution < 1.29 is 19.1 Å². The van der Waals surface area contributed by atoms with Gasteiger partial charge in [-0.2, -0.15) is 0 Å². The van der Waals surface area contributed by atoms with Crippen LogP contribution in [0, 0.1) is 5.92 Å².